The Morgan fingerprint density at radius 2 is 2.23 bits per heavy atom. The van der Waals surface area contributed by atoms with Crippen LogP contribution in [0.3, 0.4) is 0 Å². The molecule has 1 atom stereocenters. The second kappa shape index (κ2) is 3.04. The Bertz CT molecular complexity index is 322. The molecule has 1 heterocycles. The number of nitrogens with zero attached hydrogens (tertiary/aromatic N) is 1. The average Bonchev–Trinajstić information content (AvgIpc) is 2.09. The van der Waals surface area contributed by atoms with Crippen LogP contribution < -0.4 is 0 Å². The van der Waals surface area contributed by atoms with Crippen molar-refractivity contribution in [2.24, 2.45) is 0 Å². The van der Waals surface area contributed by atoms with Gasteiger partial charge >= 0.3 is 0 Å². The van der Waals surface area contributed by atoms with Gasteiger partial charge < -0.3 is 5.11 Å². The summed E-state index contributed by atoms with van der Waals surface area (Å²) in [5.74, 6) is 0.441. The van der Waals surface area contributed by atoms with Crippen LogP contribution >= 0.6 is 0 Å². The summed E-state index contributed by atoms with van der Waals surface area (Å²) in [5, 5.41) is 9.63. The molecule has 1 aromatic carbocycles. The molecule has 0 aromatic heterocycles. The van der Waals surface area contributed by atoms with E-state index in [0.717, 1.165) is 18.5 Å². The highest BCUT2D eigenvalue weighted by atomic mass is 16.3. The van der Waals surface area contributed by atoms with E-state index in [1.54, 1.807) is 6.07 Å². The highest BCUT2D eigenvalue weighted by molar-refractivity contribution is 5.40. The van der Waals surface area contributed by atoms with Crippen LogP contribution in [0.25, 0.3) is 0 Å². The van der Waals surface area contributed by atoms with Crippen molar-refractivity contribution in [1.82, 2.24) is 4.90 Å². The monoisotopic (exact) mass is 177 g/mol. The van der Waals surface area contributed by atoms with Crippen LogP contribution in [-0.2, 0) is 13.0 Å². The molecule has 1 unspecified atom stereocenters. The molecule has 0 saturated heterocycles. The lowest BCUT2D eigenvalue weighted by molar-refractivity contribution is 0.227. The Hall–Kier alpha value is -1.02. The summed E-state index contributed by atoms with van der Waals surface area (Å²) in [7, 11) is 2.10. The summed E-state index contributed by atoms with van der Waals surface area (Å²) in [6, 6.07) is 6.38. The Morgan fingerprint density at radius 3 is 3.00 bits per heavy atom. The molecule has 0 bridgehead atoms. The first kappa shape index (κ1) is 8.57. The van der Waals surface area contributed by atoms with Gasteiger partial charge in [-0.1, -0.05) is 12.1 Å². The lowest BCUT2D eigenvalue weighted by atomic mass is 9.95. The molecule has 1 N–H and O–H groups in total. The van der Waals surface area contributed by atoms with Crippen LogP contribution in [0.1, 0.15) is 18.1 Å². The van der Waals surface area contributed by atoms with Gasteiger partial charge in [0, 0.05) is 18.2 Å². The molecule has 0 spiro atoms. The number of hydrogen-bond acceptors (Lipinski definition) is 2. The van der Waals surface area contributed by atoms with Gasteiger partial charge in [0.15, 0.2) is 0 Å². The molecular formula is C11H15NO. The Kier molecular flexibility index (Phi) is 2.00. The summed E-state index contributed by atoms with van der Waals surface area (Å²) in [4.78, 5) is 2.27. The van der Waals surface area contributed by atoms with E-state index in [-0.39, 0.29) is 0 Å². The zero-order valence-electron chi connectivity index (χ0n) is 8.12. The lowest BCUT2D eigenvalue weighted by Crippen LogP contribution is -2.34. The highest BCUT2D eigenvalue weighted by Crippen LogP contribution is 2.28. The van der Waals surface area contributed by atoms with Crippen LogP contribution in [0, 0.1) is 0 Å². The minimum absolute atomic E-state index is 0.441. The van der Waals surface area contributed by atoms with Crippen molar-refractivity contribution >= 4 is 0 Å². The number of aromatic hydroxyl groups is 1. The van der Waals surface area contributed by atoms with Crippen LogP contribution in [-0.4, -0.2) is 23.1 Å². The van der Waals surface area contributed by atoms with E-state index in [1.807, 2.05) is 6.07 Å². The summed E-state index contributed by atoms with van der Waals surface area (Å²) in [5.41, 5.74) is 2.40. The Morgan fingerprint density at radius 1 is 1.46 bits per heavy atom. The third-order valence-electron chi connectivity index (χ3n) is 2.92. The fraction of sp³-hybridized carbons (Fsp3) is 0.455. The fourth-order valence-electron chi connectivity index (χ4n) is 1.87. The maximum atomic E-state index is 9.63. The molecule has 2 nitrogen and oxygen atoms in total. The molecule has 1 aliphatic rings. The highest BCUT2D eigenvalue weighted by Gasteiger charge is 2.21. The van der Waals surface area contributed by atoms with Gasteiger partial charge in [-0.3, -0.25) is 4.90 Å². The summed E-state index contributed by atoms with van der Waals surface area (Å²) in [6.07, 6.45) is 1.04. The number of phenols is 1. The van der Waals surface area contributed by atoms with Gasteiger partial charge in [0.2, 0.25) is 0 Å². The molecule has 0 fully saturated rings. The van der Waals surface area contributed by atoms with Crippen molar-refractivity contribution in [1.29, 1.82) is 0 Å². The van der Waals surface area contributed by atoms with Crippen molar-refractivity contribution in [3.05, 3.63) is 29.3 Å². The van der Waals surface area contributed by atoms with E-state index < -0.39 is 0 Å². The molecule has 1 aliphatic heterocycles. The largest absolute Gasteiger partial charge is 0.508 e. The molecule has 2 heteroatoms. The van der Waals surface area contributed by atoms with E-state index in [2.05, 4.69) is 24.9 Å². The normalized spacial score (nSPS) is 22.8. The van der Waals surface area contributed by atoms with E-state index in [1.165, 1.54) is 5.56 Å². The predicted molar refractivity (Wildman–Crippen MR) is 52.7 cm³/mol. The lowest BCUT2D eigenvalue weighted by Gasteiger charge is -2.31. The molecule has 2 rings (SSSR count). The van der Waals surface area contributed by atoms with Gasteiger partial charge in [-0.15, -0.1) is 0 Å². The standard InChI is InChI=1S/C11H15NO/c1-8-6-9-4-3-5-11(13)10(9)7-12(8)2/h3-5,8,13H,6-7H2,1-2H3. The van der Waals surface area contributed by atoms with Crippen molar-refractivity contribution in [2.75, 3.05) is 7.05 Å². The SMILES string of the molecule is CC1Cc2cccc(O)c2CN1C. The van der Waals surface area contributed by atoms with Gasteiger partial charge in [-0.05, 0) is 32.0 Å². The fourth-order valence-corrected chi connectivity index (χ4v) is 1.87. The molecule has 0 amide bonds. The van der Waals surface area contributed by atoms with Gasteiger partial charge in [-0.25, -0.2) is 0 Å². The summed E-state index contributed by atoms with van der Waals surface area (Å²) in [6.45, 7) is 3.08. The van der Waals surface area contributed by atoms with Gasteiger partial charge in [0.25, 0.3) is 0 Å². The Labute approximate surface area is 78.8 Å². The van der Waals surface area contributed by atoms with E-state index in [4.69, 9.17) is 0 Å². The number of likely N-dealkylation sites (N-methyl/N-ethyl adjacent to an activating group) is 1. The van der Waals surface area contributed by atoms with Crippen molar-refractivity contribution in [3.8, 4) is 5.75 Å². The van der Waals surface area contributed by atoms with Gasteiger partial charge in [0.05, 0.1) is 0 Å². The zero-order chi connectivity index (χ0) is 9.42. The average molecular weight is 177 g/mol. The van der Waals surface area contributed by atoms with E-state index >= 15 is 0 Å². The number of benzene rings is 1. The third-order valence-corrected chi connectivity index (χ3v) is 2.92. The zero-order valence-corrected chi connectivity index (χ0v) is 8.12. The van der Waals surface area contributed by atoms with E-state index in [9.17, 15) is 5.11 Å². The minimum Gasteiger partial charge on any atom is -0.508 e. The molecule has 1 aromatic rings. The smallest absolute Gasteiger partial charge is 0.120 e. The van der Waals surface area contributed by atoms with Gasteiger partial charge in [0.1, 0.15) is 5.75 Å². The first-order chi connectivity index (χ1) is 6.18. The predicted octanol–water partition coefficient (Wildman–Crippen LogP) is 1.77. The van der Waals surface area contributed by atoms with Crippen LogP contribution in [0.15, 0.2) is 18.2 Å². The second-order valence-electron chi connectivity index (χ2n) is 3.88. The second-order valence-corrected chi connectivity index (χ2v) is 3.88. The number of phenolic OH excluding ortho intramolecular Hbond substituents is 1. The van der Waals surface area contributed by atoms with Crippen LogP contribution in [0.4, 0.5) is 0 Å². The molecule has 70 valence electrons. The molecule has 13 heavy (non-hydrogen) atoms. The summed E-state index contributed by atoms with van der Waals surface area (Å²) < 4.78 is 0. The van der Waals surface area contributed by atoms with Crippen molar-refractivity contribution < 1.29 is 5.11 Å². The molecular weight excluding hydrogens is 162 g/mol. The Balaban J connectivity index is 2.42. The number of fused-ring (bicyclic) bond motifs is 1. The number of hydrogen-bond donors (Lipinski definition) is 1. The first-order valence-corrected chi connectivity index (χ1v) is 4.68. The van der Waals surface area contributed by atoms with E-state index in [0.29, 0.717) is 11.8 Å². The van der Waals surface area contributed by atoms with Crippen molar-refractivity contribution in [3.63, 3.8) is 0 Å². The molecule has 0 aliphatic carbocycles. The maximum Gasteiger partial charge on any atom is 0.120 e. The topological polar surface area (TPSA) is 23.5 Å². The third kappa shape index (κ3) is 1.42. The number of rotatable bonds is 0. The maximum absolute atomic E-state index is 9.63. The quantitative estimate of drug-likeness (QED) is 0.653. The van der Waals surface area contributed by atoms with Crippen LogP contribution in [0.5, 0.6) is 5.75 Å². The first-order valence-electron chi connectivity index (χ1n) is 4.68. The minimum atomic E-state index is 0.441. The van der Waals surface area contributed by atoms with Crippen molar-refractivity contribution in [2.45, 2.75) is 25.9 Å². The summed E-state index contributed by atoms with van der Waals surface area (Å²) >= 11 is 0. The molecule has 0 radical (unpaired) electrons. The molecule has 0 saturated carbocycles. The van der Waals surface area contributed by atoms with Gasteiger partial charge in [-0.2, -0.15) is 0 Å². The van der Waals surface area contributed by atoms with Crippen LogP contribution in [0.2, 0.25) is 0 Å².